The van der Waals surface area contributed by atoms with Crippen LogP contribution in [-0.2, 0) is 32.4 Å². The van der Waals surface area contributed by atoms with Crippen LogP contribution in [0, 0.1) is 5.92 Å². The van der Waals surface area contributed by atoms with Crippen LogP contribution in [0.25, 0.3) is 0 Å². The van der Waals surface area contributed by atoms with Crippen molar-refractivity contribution in [1.29, 1.82) is 0 Å². The SMILES string of the molecule is CCCc1ccc([C@H](NC(=O)CCc2ccc(S(=O)(=O)N3CCOCC3)cc2)C(C)C)cc1. The Labute approximate surface area is 198 Å². The summed E-state index contributed by atoms with van der Waals surface area (Å²) >= 11 is 0. The third-order valence-corrected chi connectivity index (χ3v) is 7.95. The van der Waals surface area contributed by atoms with E-state index in [-0.39, 0.29) is 22.8 Å². The van der Waals surface area contributed by atoms with Crippen molar-refractivity contribution in [2.45, 2.75) is 57.4 Å². The number of nitrogens with zero attached hydrogens (tertiary/aromatic N) is 1. The predicted molar refractivity (Wildman–Crippen MR) is 130 cm³/mol. The largest absolute Gasteiger partial charge is 0.379 e. The molecule has 180 valence electrons. The van der Waals surface area contributed by atoms with E-state index in [0.717, 1.165) is 24.0 Å². The first kappa shape index (κ1) is 25.4. The molecule has 1 fully saturated rings. The maximum Gasteiger partial charge on any atom is 0.243 e. The molecule has 3 rings (SSSR count). The topological polar surface area (TPSA) is 75.7 Å². The number of sulfonamides is 1. The van der Waals surface area contributed by atoms with Gasteiger partial charge in [-0.2, -0.15) is 4.31 Å². The van der Waals surface area contributed by atoms with E-state index in [4.69, 9.17) is 4.74 Å². The zero-order valence-corrected chi connectivity index (χ0v) is 20.7. The fourth-order valence-electron chi connectivity index (χ4n) is 4.08. The minimum atomic E-state index is -3.50. The molecular formula is C26H36N2O4S. The van der Waals surface area contributed by atoms with Gasteiger partial charge in [-0.1, -0.05) is 63.6 Å². The van der Waals surface area contributed by atoms with Crippen LogP contribution < -0.4 is 5.32 Å². The molecule has 0 spiro atoms. The number of benzene rings is 2. The Kier molecular flexibility index (Phi) is 9.06. The van der Waals surface area contributed by atoms with Gasteiger partial charge in [0.15, 0.2) is 0 Å². The van der Waals surface area contributed by atoms with Gasteiger partial charge in [0.2, 0.25) is 15.9 Å². The van der Waals surface area contributed by atoms with E-state index in [1.807, 2.05) is 0 Å². The number of carbonyl (C=O) groups is 1. The molecule has 0 radical (unpaired) electrons. The molecular weight excluding hydrogens is 436 g/mol. The minimum Gasteiger partial charge on any atom is -0.379 e. The van der Waals surface area contributed by atoms with E-state index in [1.165, 1.54) is 9.87 Å². The Bertz CT molecular complexity index is 996. The normalized spacial score (nSPS) is 16.0. The van der Waals surface area contributed by atoms with Gasteiger partial charge in [-0.05, 0) is 47.6 Å². The zero-order chi connectivity index (χ0) is 23.8. The Morgan fingerprint density at radius 3 is 2.12 bits per heavy atom. The Balaban J connectivity index is 1.57. The molecule has 2 aromatic carbocycles. The molecule has 0 bridgehead atoms. The molecule has 0 saturated carbocycles. The summed E-state index contributed by atoms with van der Waals surface area (Å²) in [5.74, 6) is 0.270. The lowest BCUT2D eigenvalue weighted by Gasteiger charge is -2.26. The van der Waals surface area contributed by atoms with Gasteiger partial charge >= 0.3 is 0 Å². The highest BCUT2D eigenvalue weighted by Crippen LogP contribution is 2.23. The molecule has 0 aromatic heterocycles. The second kappa shape index (κ2) is 11.8. The molecule has 1 N–H and O–H groups in total. The molecule has 2 aromatic rings. The molecule has 33 heavy (non-hydrogen) atoms. The highest BCUT2D eigenvalue weighted by molar-refractivity contribution is 7.89. The summed E-state index contributed by atoms with van der Waals surface area (Å²) in [5.41, 5.74) is 3.38. The third kappa shape index (κ3) is 6.88. The third-order valence-electron chi connectivity index (χ3n) is 6.03. The predicted octanol–water partition coefficient (Wildman–Crippen LogP) is 4.11. The lowest BCUT2D eigenvalue weighted by atomic mass is 9.94. The lowest BCUT2D eigenvalue weighted by molar-refractivity contribution is -0.122. The molecule has 1 aliphatic rings. The lowest BCUT2D eigenvalue weighted by Crippen LogP contribution is -2.40. The van der Waals surface area contributed by atoms with Crippen molar-refractivity contribution in [1.82, 2.24) is 9.62 Å². The monoisotopic (exact) mass is 472 g/mol. The number of hydrogen-bond acceptors (Lipinski definition) is 4. The van der Waals surface area contributed by atoms with Crippen LogP contribution in [0.5, 0.6) is 0 Å². The van der Waals surface area contributed by atoms with Crippen molar-refractivity contribution in [2.75, 3.05) is 26.3 Å². The molecule has 6 nitrogen and oxygen atoms in total. The first-order valence-corrected chi connectivity index (χ1v) is 13.3. The van der Waals surface area contributed by atoms with Gasteiger partial charge in [0.1, 0.15) is 0 Å². The van der Waals surface area contributed by atoms with E-state index in [0.29, 0.717) is 39.1 Å². The van der Waals surface area contributed by atoms with E-state index in [2.05, 4.69) is 50.4 Å². The number of rotatable bonds is 10. The van der Waals surface area contributed by atoms with Crippen molar-refractivity contribution in [3.8, 4) is 0 Å². The maximum absolute atomic E-state index is 12.7. The number of carbonyl (C=O) groups excluding carboxylic acids is 1. The number of amides is 1. The smallest absolute Gasteiger partial charge is 0.243 e. The highest BCUT2D eigenvalue weighted by Gasteiger charge is 2.26. The number of morpholine rings is 1. The maximum atomic E-state index is 12.7. The summed E-state index contributed by atoms with van der Waals surface area (Å²) in [5, 5.41) is 3.18. The summed E-state index contributed by atoms with van der Waals surface area (Å²) in [4.78, 5) is 13.0. The molecule has 0 aliphatic carbocycles. The molecule has 1 heterocycles. The minimum absolute atomic E-state index is 0.00338. The van der Waals surface area contributed by atoms with Crippen LogP contribution in [-0.4, -0.2) is 44.9 Å². The van der Waals surface area contributed by atoms with Gasteiger partial charge < -0.3 is 10.1 Å². The molecule has 1 atom stereocenters. The number of nitrogens with one attached hydrogen (secondary N) is 1. The summed E-state index contributed by atoms with van der Waals surface area (Å²) in [7, 11) is -3.50. The van der Waals surface area contributed by atoms with E-state index in [9.17, 15) is 13.2 Å². The van der Waals surface area contributed by atoms with Gasteiger partial charge in [-0.25, -0.2) is 8.42 Å². The van der Waals surface area contributed by atoms with E-state index in [1.54, 1.807) is 24.3 Å². The van der Waals surface area contributed by atoms with Crippen molar-refractivity contribution >= 4 is 15.9 Å². The Morgan fingerprint density at radius 2 is 1.55 bits per heavy atom. The average molecular weight is 473 g/mol. The molecule has 0 unspecified atom stereocenters. The second-order valence-electron chi connectivity index (χ2n) is 8.94. The van der Waals surface area contributed by atoms with E-state index >= 15 is 0 Å². The fraction of sp³-hybridized carbons (Fsp3) is 0.500. The standard InChI is InChI=1S/C26H36N2O4S/c1-4-5-21-6-11-23(12-7-21)26(20(2)3)27-25(29)15-10-22-8-13-24(14-9-22)33(30,31)28-16-18-32-19-17-28/h6-9,11-14,20,26H,4-5,10,15-19H2,1-3H3,(H,27,29)/t26-/m1/s1. The van der Waals surface area contributed by atoms with Crippen LogP contribution in [0.1, 0.15) is 56.3 Å². The summed E-state index contributed by atoms with van der Waals surface area (Å²) in [6.07, 6.45) is 3.09. The van der Waals surface area contributed by atoms with Gasteiger partial charge in [-0.3, -0.25) is 4.79 Å². The molecule has 7 heteroatoms. The number of ether oxygens (including phenoxy) is 1. The van der Waals surface area contributed by atoms with Gasteiger partial charge in [-0.15, -0.1) is 0 Å². The summed E-state index contributed by atoms with van der Waals surface area (Å²) in [6, 6.07) is 15.3. The van der Waals surface area contributed by atoms with Crippen molar-refractivity contribution in [3.05, 3.63) is 65.2 Å². The van der Waals surface area contributed by atoms with Crippen LogP contribution in [0.3, 0.4) is 0 Å². The van der Waals surface area contributed by atoms with E-state index < -0.39 is 10.0 Å². The first-order chi connectivity index (χ1) is 15.8. The summed E-state index contributed by atoms with van der Waals surface area (Å²) in [6.45, 7) is 7.99. The average Bonchev–Trinajstić information content (AvgIpc) is 2.83. The number of hydrogen-bond donors (Lipinski definition) is 1. The molecule has 1 amide bonds. The zero-order valence-electron chi connectivity index (χ0n) is 19.9. The van der Waals surface area contributed by atoms with Crippen LogP contribution in [0.2, 0.25) is 0 Å². The second-order valence-corrected chi connectivity index (χ2v) is 10.9. The van der Waals surface area contributed by atoms with Gasteiger partial charge in [0.05, 0.1) is 24.2 Å². The van der Waals surface area contributed by atoms with Crippen molar-refractivity contribution in [2.24, 2.45) is 5.92 Å². The first-order valence-electron chi connectivity index (χ1n) is 11.9. The van der Waals surface area contributed by atoms with Crippen LogP contribution in [0.15, 0.2) is 53.4 Å². The fourth-order valence-corrected chi connectivity index (χ4v) is 5.49. The number of aryl methyl sites for hydroxylation is 2. The Hall–Kier alpha value is -2.22. The van der Waals surface area contributed by atoms with Gasteiger partial charge in [0.25, 0.3) is 0 Å². The van der Waals surface area contributed by atoms with Crippen LogP contribution >= 0.6 is 0 Å². The molecule has 1 aliphatic heterocycles. The summed E-state index contributed by atoms with van der Waals surface area (Å²) < 4.78 is 32.2. The quantitative estimate of drug-likeness (QED) is 0.565. The van der Waals surface area contributed by atoms with Crippen molar-refractivity contribution < 1.29 is 17.9 Å². The Morgan fingerprint density at radius 1 is 0.970 bits per heavy atom. The van der Waals surface area contributed by atoms with Gasteiger partial charge in [0, 0.05) is 19.5 Å². The van der Waals surface area contributed by atoms with Crippen LogP contribution in [0.4, 0.5) is 0 Å². The van der Waals surface area contributed by atoms with Crippen molar-refractivity contribution in [3.63, 3.8) is 0 Å². The highest BCUT2D eigenvalue weighted by atomic mass is 32.2. The molecule has 1 saturated heterocycles.